The van der Waals surface area contributed by atoms with E-state index in [9.17, 15) is 4.79 Å². The third kappa shape index (κ3) is 4.86. The average Bonchev–Trinajstić information content (AvgIpc) is 3.25. The average molecular weight is 403 g/mol. The summed E-state index contributed by atoms with van der Waals surface area (Å²) in [6.45, 7) is 3.65. The maximum atomic E-state index is 12.5. The lowest BCUT2D eigenvalue weighted by molar-refractivity contribution is -0.126. The van der Waals surface area contributed by atoms with Crippen molar-refractivity contribution in [3.05, 3.63) is 78.1 Å². The maximum Gasteiger partial charge on any atom is 0.246 e. The van der Waals surface area contributed by atoms with Gasteiger partial charge in [0.05, 0.1) is 19.9 Å². The first-order valence-corrected chi connectivity index (χ1v) is 10.0. The predicted octanol–water partition coefficient (Wildman–Crippen LogP) is 2.70. The zero-order valence-electron chi connectivity index (χ0n) is 17.0. The first-order chi connectivity index (χ1) is 14.7. The summed E-state index contributed by atoms with van der Waals surface area (Å²) >= 11 is 0. The topological polar surface area (TPSA) is 63.5 Å². The Morgan fingerprint density at radius 2 is 1.77 bits per heavy atom. The number of benzene rings is 2. The molecule has 7 heteroatoms. The molecule has 0 radical (unpaired) electrons. The number of hydrogen-bond donors (Lipinski definition) is 0. The zero-order chi connectivity index (χ0) is 20.8. The highest BCUT2D eigenvalue weighted by Crippen LogP contribution is 2.20. The molecule has 0 bridgehead atoms. The summed E-state index contributed by atoms with van der Waals surface area (Å²) < 4.78 is 6.98. The van der Waals surface area contributed by atoms with Crippen LogP contribution in [-0.2, 0) is 11.3 Å². The number of rotatable bonds is 6. The van der Waals surface area contributed by atoms with Crippen LogP contribution < -0.4 is 9.64 Å². The lowest BCUT2D eigenvalue weighted by atomic mass is 10.2. The molecule has 154 valence electrons. The molecule has 1 aromatic heterocycles. The van der Waals surface area contributed by atoms with E-state index < -0.39 is 0 Å². The minimum absolute atomic E-state index is 0.00184. The first-order valence-electron chi connectivity index (χ1n) is 10.0. The van der Waals surface area contributed by atoms with Crippen molar-refractivity contribution in [1.82, 2.24) is 19.9 Å². The maximum absolute atomic E-state index is 12.5. The second kappa shape index (κ2) is 9.26. The monoisotopic (exact) mass is 403 g/mol. The van der Waals surface area contributed by atoms with Crippen LogP contribution in [0.4, 0.5) is 5.69 Å². The summed E-state index contributed by atoms with van der Waals surface area (Å²) in [6, 6.07) is 18.1. The van der Waals surface area contributed by atoms with Crippen LogP contribution in [0.1, 0.15) is 11.3 Å². The van der Waals surface area contributed by atoms with Crippen LogP contribution in [0.3, 0.4) is 0 Å². The van der Waals surface area contributed by atoms with Gasteiger partial charge in [0.15, 0.2) is 0 Å². The second-order valence-corrected chi connectivity index (χ2v) is 7.17. The van der Waals surface area contributed by atoms with E-state index in [0.717, 1.165) is 30.1 Å². The van der Waals surface area contributed by atoms with Crippen molar-refractivity contribution < 1.29 is 9.53 Å². The fourth-order valence-electron chi connectivity index (χ4n) is 3.48. The standard InChI is InChI=1S/C23H25N5O2/c1-30-22-10-8-21(9-11-22)26-13-15-27(16-14-26)23(29)12-7-20-18-28(25-24-20)17-19-5-3-2-4-6-19/h2-12,18H,13-17H2,1H3/b12-7+. The van der Waals surface area contributed by atoms with Crippen molar-refractivity contribution in [3.63, 3.8) is 0 Å². The largest absolute Gasteiger partial charge is 0.497 e. The number of nitrogens with zero attached hydrogens (tertiary/aromatic N) is 5. The van der Waals surface area contributed by atoms with Gasteiger partial charge >= 0.3 is 0 Å². The van der Waals surface area contributed by atoms with Gasteiger partial charge in [-0.15, -0.1) is 5.10 Å². The van der Waals surface area contributed by atoms with Gasteiger partial charge in [0.1, 0.15) is 11.4 Å². The number of carbonyl (C=O) groups is 1. The SMILES string of the molecule is COc1ccc(N2CCN(C(=O)/C=C/c3cn(Cc4ccccc4)nn3)CC2)cc1. The molecule has 0 spiro atoms. The number of piperazine rings is 1. The molecule has 4 rings (SSSR count). The normalized spacial score (nSPS) is 14.3. The third-order valence-corrected chi connectivity index (χ3v) is 5.17. The van der Waals surface area contributed by atoms with Crippen molar-refractivity contribution in [2.24, 2.45) is 0 Å². The number of amides is 1. The van der Waals surface area contributed by atoms with Gasteiger partial charge in [-0.05, 0) is 35.9 Å². The van der Waals surface area contributed by atoms with Crippen LogP contribution in [-0.4, -0.2) is 59.1 Å². The highest BCUT2D eigenvalue weighted by Gasteiger charge is 2.19. The van der Waals surface area contributed by atoms with Crippen LogP contribution in [0.5, 0.6) is 5.75 Å². The Kier molecular flexibility index (Phi) is 6.08. The number of aromatic nitrogens is 3. The van der Waals surface area contributed by atoms with E-state index in [0.29, 0.717) is 25.3 Å². The second-order valence-electron chi connectivity index (χ2n) is 7.17. The molecule has 0 saturated carbocycles. The number of hydrogen-bond acceptors (Lipinski definition) is 5. The highest BCUT2D eigenvalue weighted by atomic mass is 16.5. The molecule has 1 fully saturated rings. The van der Waals surface area contributed by atoms with E-state index in [-0.39, 0.29) is 5.91 Å². The molecule has 0 aliphatic carbocycles. The fraction of sp³-hybridized carbons (Fsp3) is 0.261. The molecule has 1 amide bonds. The number of anilines is 1. The molecule has 1 aliphatic heterocycles. The molecule has 2 heterocycles. The van der Waals surface area contributed by atoms with Crippen LogP contribution in [0, 0.1) is 0 Å². The summed E-state index contributed by atoms with van der Waals surface area (Å²) in [5.41, 5.74) is 2.98. The molecule has 2 aromatic carbocycles. The molecule has 0 atom stereocenters. The molecule has 30 heavy (non-hydrogen) atoms. The smallest absolute Gasteiger partial charge is 0.246 e. The molecule has 3 aromatic rings. The van der Waals surface area contributed by atoms with Crippen molar-refractivity contribution >= 4 is 17.7 Å². The Morgan fingerprint density at radius 1 is 1.03 bits per heavy atom. The van der Waals surface area contributed by atoms with E-state index in [1.54, 1.807) is 23.9 Å². The minimum atomic E-state index is 0.00184. The minimum Gasteiger partial charge on any atom is -0.497 e. The summed E-state index contributed by atoms with van der Waals surface area (Å²) in [5.74, 6) is 0.848. The molecule has 1 saturated heterocycles. The summed E-state index contributed by atoms with van der Waals surface area (Å²) in [4.78, 5) is 16.7. The lowest BCUT2D eigenvalue weighted by Gasteiger charge is -2.35. The van der Waals surface area contributed by atoms with Gasteiger partial charge in [-0.1, -0.05) is 35.5 Å². The molecule has 7 nitrogen and oxygen atoms in total. The van der Waals surface area contributed by atoms with Crippen molar-refractivity contribution in [2.75, 3.05) is 38.2 Å². The summed E-state index contributed by atoms with van der Waals surface area (Å²) in [5, 5.41) is 8.26. The Hall–Kier alpha value is -3.61. The van der Waals surface area contributed by atoms with Gasteiger partial charge < -0.3 is 14.5 Å². The summed E-state index contributed by atoms with van der Waals surface area (Å²) in [6.07, 6.45) is 5.16. The van der Waals surface area contributed by atoms with E-state index in [4.69, 9.17) is 4.74 Å². The predicted molar refractivity (Wildman–Crippen MR) is 116 cm³/mol. The van der Waals surface area contributed by atoms with Crippen molar-refractivity contribution in [1.29, 1.82) is 0 Å². The summed E-state index contributed by atoms with van der Waals surface area (Å²) in [7, 11) is 1.66. The van der Waals surface area contributed by atoms with Crippen LogP contribution in [0.15, 0.2) is 66.9 Å². The van der Waals surface area contributed by atoms with Gasteiger partial charge in [0.2, 0.25) is 5.91 Å². The van der Waals surface area contributed by atoms with E-state index >= 15 is 0 Å². The molecule has 0 unspecified atom stereocenters. The molecule has 0 N–H and O–H groups in total. The number of ether oxygens (including phenoxy) is 1. The quantitative estimate of drug-likeness (QED) is 0.592. The Labute approximate surface area is 176 Å². The van der Waals surface area contributed by atoms with Gasteiger partial charge in [-0.3, -0.25) is 4.79 Å². The zero-order valence-corrected chi connectivity index (χ0v) is 17.0. The Bertz CT molecular complexity index is 990. The van der Waals surface area contributed by atoms with Crippen molar-refractivity contribution in [3.8, 4) is 5.75 Å². The Morgan fingerprint density at radius 3 is 2.47 bits per heavy atom. The van der Waals surface area contributed by atoms with Gasteiger partial charge in [0.25, 0.3) is 0 Å². The third-order valence-electron chi connectivity index (χ3n) is 5.17. The van der Waals surface area contributed by atoms with Crippen LogP contribution >= 0.6 is 0 Å². The molecular weight excluding hydrogens is 378 g/mol. The van der Waals surface area contributed by atoms with E-state index in [1.807, 2.05) is 53.6 Å². The fourth-order valence-corrected chi connectivity index (χ4v) is 3.48. The molecule has 1 aliphatic rings. The lowest BCUT2D eigenvalue weighted by Crippen LogP contribution is -2.48. The van der Waals surface area contributed by atoms with Gasteiger partial charge in [-0.25, -0.2) is 4.68 Å². The number of methoxy groups -OCH3 is 1. The van der Waals surface area contributed by atoms with Gasteiger partial charge in [-0.2, -0.15) is 0 Å². The Balaban J connectivity index is 1.29. The van der Waals surface area contributed by atoms with Crippen LogP contribution in [0.25, 0.3) is 6.08 Å². The number of carbonyl (C=O) groups excluding carboxylic acids is 1. The van der Waals surface area contributed by atoms with E-state index in [2.05, 4.69) is 27.3 Å². The van der Waals surface area contributed by atoms with Gasteiger partial charge in [0, 0.05) is 37.9 Å². The first kappa shape index (κ1) is 19.7. The van der Waals surface area contributed by atoms with E-state index in [1.165, 1.54) is 0 Å². The van der Waals surface area contributed by atoms with Crippen LogP contribution in [0.2, 0.25) is 0 Å². The highest BCUT2D eigenvalue weighted by molar-refractivity contribution is 5.91. The van der Waals surface area contributed by atoms with Crippen molar-refractivity contribution in [2.45, 2.75) is 6.54 Å². The molecular formula is C23H25N5O2.